The van der Waals surface area contributed by atoms with E-state index in [2.05, 4.69) is 24.3 Å². The van der Waals surface area contributed by atoms with E-state index in [-0.39, 0.29) is 11.8 Å². The second-order valence-electron chi connectivity index (χ2n) is 10.3. The minimum Gasteiger partial charge on any atom is -0.455 e. The largest absolute Gasteiger partial charge is 0.455 e. The summed E-state index contributed by atoms with van der Waals surface area (Å²) in [6, 6.07) is 29.0. The first kappa shape index (κ1) is 29.7. The topological polar surface area (TPSA) is 52.6 Å². The Kier molecular flexibility index (Phi) is 8.64. The van der Waals surface area contributed by atoms with Gasteiger partial charge in [-0.05, 0) is 35.4 Å². The van der Waals surface area contributed by atoms with E-state index in [1.165, 1.54) is 39.0 Å². The molecule has 2 unspecified atom stereocenters. The van der Waals surface area contributed by atoms with Crippen molar-refractivity contribution in [3.05, 3.63) is 106 Å². The fraction of sp³-hybridized carbons (Fsp3) is 0.176. The highest BCUT2D eigenvalue weighted by Crippen LogP contribution is 2.48. The molecule has 4 aromatic heterocycles. The molecule has 0 fully saturated rings. The third-order valence-electron chi connectivity index (χ3n) is 7.37. The predicted molar refractivity (Wildman–Crippen MR) is 187 cm³/mol. The molecule has 10 heteroatoms. The van der Waals surface area contributed by atoms with Gasteiger partial charge >= 0.3 is 11.9 Å². The summed E-state index contributed by atoms with van der Waals surface area (Å²) < 4.78 is 18.8. The molecule has 0 bridgehead atoms. The molecule has 0 saturated carbocycles. The molecule has 3 aromatic carbocycles. The summed E-state index contributed by atoms with van der Waals surface area (Å²) in [6.45, 7) is 0. The highest BCUT2D eigenvalue weighted by molar-refractivity contribution is 7.34. The highest BCUT2D eigenvalue weighted by Gasteiger charge is 2.24. The summed E-state index contributed by atoms with van der Waals surface area (Å²) in [5, 5.41) is 2.42. The van der Waals surface area contributed by atoms with Crippen molar-refractivity contribution in [2.45, 2.75) is 25.0 Å². The lowest BCUT2D eigenvalue weighted by atomic mass is 10.1. The summed E-state index contributed by atoms with van der Waals surface area (Å²) in [4.78, 5) is 26.5. The first-order chi connectivity index (χ1) is 21.5. The SMILES string of the molecule is O=C(CCl)OC(Cc1ccccc1)c1cc2sc3cc4c(cc3c2s1)sc1cc(C(Cc2ccccc2)OC(=O)CCl)sc14. The summed E-state index contributed by atoms with van der Waals surface area (Å²) >= 11 is 18.5. The average molecular weight is 696 g/mol. The Morgan fingerprint density at radius 2 is 0.977 bits per heavy atom. The van der Waals surface area contributed by atoms with Crippen molar-refractivity contribution in [3.63, 3.8) is 0 Å². The van der Waals surface area contributed by atoms with Gasteiger partial charge in [-0.15, -0.1) is 68.5 Å². The first-order valence-corrected chi connectivity index (χ1v) is 18.2. The standard InChI is InChI=1S/C34H24Cl2O4S4/c35-17-31(37)39-23(11-19-7-3-1-4-8-19)27-15-29-33(43-27)21-13-26-22(14-25(21)41-29)34-30(42-26)16-28(44-34)24(40-32(38)18-36)12-20-9-5-2-6-10-20/h1-10,13-16,23-24H,11-12,17-18H2. The zero-order valence-electron chi connectivity index (χ0n) is 23.1. The van der Waals surface area contributed by atoms with Gasteiger partial charge in [0, 0.05) is 52.2 Å². The average Bonchev–Trinajstić information content (AvgIpc) is 3.80. The lowest BCUT2D eigenvalue weighted by Crippen LogP contribution is -2.13. The number of carbonyl (C=O) groups is 2. The van der Waals surface area contributed by atoms with Crippen molar-refractivity contribution in [2.24, 2.45) is 0 Å². The number of rotatable bonds is 10. The molecule has 7 aromatic rings. The number of thiophene rings is 4. The van der Waals surface area contributed by atoms with Gasteiger partial charge in [0.1, 0.15) is 24.0 Å². The maximum absolute atomic E-state index is 12.2. The van der Waals surface area contributed by atoms with E-state index in [0.29, 0.717) is 12.8 Å². The van der Waals surface area contributed by atoms with Crippen LogP contribution in [0.3, 0.4) is 0 Å². The smallest absolute Gasteiger partial charge is 0.321 e. The molecule has 7 rings (SSSR count). The van der Waals surface area contributed by atoms with Crippen molar-refractivity contribution in [2.75, 3.05) is 11.8 Å². The van der Waals surface area contributed by atoms with Crippen molar-refractivity contribution in [3.8, 4) is 0 Å². The van der Waals surface area contributed by atoms with Gasteiger partial charge in [-0.25, -0.2) is 0 Å². The lowest BCUT2D eigenvalue weighted by molar-refractivity contribution is -0.147. The number of hydrogen-bond acceptors (Lipinski definition) is 8. The number of carbonyl (C=O) groups excluding carboxylic acids is 2. The molecule has 4 nitrogen and oxygen atoms in total. The van der Waals surface area contributed by atoms with Crippen LogP contribution in [0, 0.1) is 0 Å². The van der Waals surface area contributed by atoms with Gasteiger partial charge in [0.2, 0.25) is 0 Å². The molecule has 222 valence electrons. The van der Waals surface area contributed by atoms with Gasteiger partial charge < -0.3 is 9.47 Å². The molecule has 0 N–H and O–H groups in total. The molecule has 0 amide bonds. The van der Waals surface area contributed by atoms with Crippen LogP contribution in [0.4, 0.5) is 0 Å². The Morgan fingerprint density at radius 1 is 0.568 bits per heavy atom. The third kappa shape index (κ3) is 5.99. The van der Waals surface area contributed by atoms with Crippen LogP contribution in [0.5, 0.6) is 0 Å². The van der Waals surface area contributed by atoms with Gasteiger partial charge in [-0.3, -0.25) is 9.59 Å². The van der Waals surface area contributed by atoms with Crippen molar-refractivity contribution in [1.29, 1.82) is 0 Å². The van der Waals surface area contributed by atoms with Crippen LogP contribution in [-0.2, 0) is 31.9 Å². The Labute approximate surface area is 279 Å². The number of ether oxygens (including phenoxy) is 2. The normalized spacial score (nSPS) is 13.1. The fourth-order valence-electron chi connectivity index (χ4n) is 5.39. The molecular formula is C34H24Cl2O4S4. The monoisotopic (exact) mass is 694 g/mol. The van der Waals surface area contributed by atoms with Crippen molar-refractivity contribution < 1.29 is 19.1 Å². The summed E-state index contributed by atoms with van der Waals surface area (Å²) in [5.74, 6) is -1.19. The molecule has 0 spiro atoms. The number of hydrogen-bond donors (Lipinski definition) is 0. The Balaban J connectivity index is 1.24. The summed E-state index contributed by atoms with van der Waals surface area (Å²) in [7, 11) is 0. The highest BCUT2D eigenvalue weighted by atomic mass is 35.5. The maximum atomic E-state index is 12.2. The van der Waals surface area contributed by atoms with Gasteiger partial charge in [0.05, 0.1) is 9.40 Å². The van der Waals surface area contributed by atoms with Crippen molar-refractivity contribution in [1.82, 2.24) is 0 Å². The molecule has 0 aliphatic heterocycles. The van der Waals surface area contributed by atoms with E-state index in [4.69, 9.17) is 32.7 Å². The molecule has 2 atom stereocenters. The van der Waals surface area contributed by atoms with E-state index >= 15 is 0 Å². The van der Waals surface area contributed by atoms with Crippen LogP contribution in [0.25, 0.3) is 39.0 Å². The number of halogens is 2. The summed E-state index contributed by atoms with van der Waals surface area (Å²) in [5.41, 5.74) is 2.20. The van der Waals surface area contributed by atoms with Crippen molar-refractivity contribution >= 4 is 119 Å². The quantitative estimate of drug-likeness (QED) is 0.106. The van der Waals surface area contributed by atoms with E-state index in [0.717, 1.165) is 20.9 Å². The zero-order chi connectivity index (χ0) is 30.2. The van der Waals surface area contributed by atoms with Crippen LogP contribution in [-0.4, -0.2) is 23.7 Å². The molecule has 4 heterocycles. The van der Waals surface area contributed by atoms with Crippen LogP contribution >= 0.6 is 68.5 Å². The van der Waals surface area contributed by atoms with Crippen LogP contribution in [0.1, 0.15) is 33.1 Å². The number of benzene rings is 3. The van der Waals surface area contributed by atoms with E-state index in [9.17, 15) is 9.59 Å². The third-order valence-corrected chi connectivity index (χ3v) is 12.8. The van der Waals surface area contributed by atoms with Gasteiger partial charge in [0.25, 0.3) is 0 Å². The molecule has 0 radical (unpaired) electrons. The Hall–Kier alpha value is -2.98. The van der Waals surface area contributed by atoms with Crippen LogP contribution in [0.2, 0.25) is 0 Å². The Morgan fingerprint density at radius 3 is 1.36 bits per heavy atom. The van der Waals surface area contributed by atoms with E-state index in [1.54, 1.807) is 45.3 Å². The second kappa shape index (κ2) is 12.8. The van der Waals surface area contributed by atoms with Crippen LogP contribution < -0.4 is 0 Å². The number of esters is 2. The number of alkyl halides is 2. The summed E-state index contributed by atoms with van der Waals surface area (Å²) in [6.07, 6.45) is 0.395. The predicted octanol–water partition coefficient (Wildman–Crippen LogP) is 10.7. The van der Waals surface area contributed by atoms with Crippen LogP contribution in [0.15, 0.2) is 84.9 Å². The Bertz CT molecular complexity index is 1960. The lowest BCUT2D eigenvalue weighted by Gasteiger charge is -2.16. The minimum absolute atomic E-state index is 0.175. The van der Waals surface area contributed by atoms with E-state index in [1.807, 2.05) is 60.7 Å². The second-order valence-corrected chi connectivity index (χ2v) is 15.2. The minimum atomic E-state index is -0.419. The van der Waals surface area contributed by atoms with Gasteiger partial charge in [-0.1, -0.05) is 60.7 Å². The molecule has 44 heavy (non-hydrogen) atoms. The molecular weight excluding hydrogens is 672 g/mol. The first-order valence-electron chi connectivity index (χ1n) is 13.9. The molecule has 0 aliphatic rings. The number of fused-ring (bicyclic) bond motifs is 6. The van der Waals surface area contributed by atoms with Gasteiger partial charge in [-0.2, -0.15) is 0 Å². The maximum Gasteiger partial charge on any atom is 0.321 e. The fourth-order valence-corrected chi connectivity index (χ4v) is 10.7. The molecule has 0 aliphatic carbocycles. The molecule has 0 saturated heterocycles. The van der Waals surface area contributed by atoms with E-state index < -0.39 is 24.1 Å². The van der Waals surface area contributed by atoms with Gasteiger partial charge in [0.15, 0.2) is 0 Å². The zero-order valence-corrected chi connectivity index (χ0v) is 27.9.